The van der Waals surface area contributed by atoms with Crippen LogP contribution in [-0.4, -0.2) is 9.55 Å². The van der Waals surface area contributed by atoms with Crippen LogP contribution in [0.4, 0.5) is 24.8 Å². The summed E-state index contributed by atoms with van der Waals surface area (Å²) in [6.45, 7) is 1.81. The van der Waals surface area contributed by atoms with Gasteiger partial charge in [0.05, 0.1) is 11.4 Å². The summed E-state index contributed by atoms with van der Waals surface area (Å²) in [5, 5.41) is 2.66. The maximum Gasteiger partial charge on any atom is 0.207 e. The second kappa shape index (κ2) is 4.29. The van der Waals surface area contributed by atoms with E-state index in [0.29, 0.717) is 18.1 Å². The molecule has 0 unspecified atom stereocenters. The van der Waals surface area contributed by atoms with E-state index < -0.39 is 17.5 Å². The zero-order chi connectivity index (χ0) is 13.6. The molecule has 0 bridgehead atoms. The first-order chi connectivity index (χ1) is 9.04. The molecule has 1 N–H and O–H groups in total. The van der Waals surface area contributed by atoms with Gasteiger partial charge in [0.2, 0.25) is 5.95 Å². The monoisotopic (exact) mass is 267 g/mol. The Morgan fingerprint density at radius 3 is 2.68 bits per heavy atom. The van der Waals surface area contributed by atoms with E-state index in [9.17, 15) is 13.2 Å². The van der Waals surface area contributed by atoms with Crippen molar-refractivity contribution in [3.63, 3.8) is 0 Å². The topological polar surface area (TPSA) is 29.9 Å². The lowest BCUT2D eigenvalue weighted by atomic mass is 10.3. The number of benzene rings is 1. The van der Waals surface area contributed by atoms with Crippen molar-refractivity contribution in [1.82, 2.24) is 9.55 Å². The summed E-state index contributed by atoms with van der Waals surface area (Å²) >= 11 is 0. The molecule has 3 rings (SSSR count). The molecular weight excluding hydrogens is 255 g/mol. The van der Waals surface area contributed by atoms with Gasteiger partial charge in [0.25, 0.3) is 0 Å². The lowest BCUT2D eigenvalue weighted by Gasteiger charge is -2.10. The molecule has 1 aliphatic rings. The smallest absolute Gasteiger partial charge is 0.207 e. The van der Waals surface area contributed by atoms with Gasteiger partial charge in [-0.3, -0.25) is 0 Å². The molecular formula is C13H12F3N3. The highest BCUT2D eigenvalue weighted by molar-refractivity contribution is 5.55. The molecule has 1 heterocycles. The molecule has 6 heteroatoms. The van der Waals surface area contributed by atoms with Crippen LogP contribution in [0.5, 0.6) is 0 Å². The van der Waals surface area contributed by atoms with Crippen molar-refractivity contribution in [3.8, 4) is 0 Å². The average Bonchev–Trinajstić information content (AvgIpc) is 3.11. The van der Waals surface area contributed by atoms with Gasteiger partial charge < -0.3 is 9.88 Å². The minimum Gasteiger partial charge on any atom is -0.323 e. The lowest BCUT2D eigenvalue weighted by molar-refractivity contribution is 0.498. The van der Waals surface area contributed by atoms with Crippen LogP contribution < -0.4 is 5.32 Å². The predicted octanol–water partition coefficient (Wildman–Crippen LogP) is 3.69. The number of nitrogens with one attached hydrogen (secondary N) is 1. The minimum atomic E-state index is -1.22. The van der Waals surface area contributed by atoms with Gasteiger partial charge in [-0.2, -0.15) is 0 Å². The summed E-state index contributed by atoms with van der Waals surface area (Å²) in [6, 6.07) is 1.77. The number of nitrogens with zero attached hydrogens (tertiary/aromatic N) is 2. The van der Waals surface area contributed by atoms with E-state index in [1.165, 1.54) is 0 Å². The van der Waals surface area contributed by atoms with Crippen molar-refractivity contribution in [2.24, 2.45) is 0 Å². The SMILES string of the molecule is Cc1cn(C2CC2)c(Nc2cc(F)cc(F)c2F)n1. The molecule has 19 heavy (non-hydrogen) atoms. The van der Waals surface area contributed by atoms with Crippen molar-refractivity contribution in [3.05, 3.63) is 41.5 Å². The molecule has 0 amide bonds. The van der Waals surface area contributed by atoms with E-state index >= 15 is 0 Å². The number of anilines is 2. The molecule has 1 aromatic heterocycles. The Morgan fingerprint density at radius 2 is 2.00 bits per heavy atom. The molecule has 1 saturated carbocycles. The molecule has 0 atom stereocenters. The number of halogens is 3. The number of aromatic nitrogens is 2. The van der Waals surface area contributed by atoms with Gasteiger partial charge >= 0.3 is 0 Å². The van der Waals surface area contributed by atoms with Gasteiger partial charge in [-0.15, -0.1) is 0 Å². The second-order valence-corrected chi connectivity index (χ2v) is 4.72. The van der Waals surface area contributed by atoms with E-state index in [1.54, 1.807) is 0 Å². The first kappa shape index (κ1) is 12.1. The Balaban J connectivity index is 1.97. The maximum absolute atomic E-state index is 13.6. The Hall–Kier alpha value is -1.98. The van der Waals surface area contributed by atoms with Gasteiger partial charge in [0, 0.05) is 24.4 Å². The number of hydrogen-bond donors (Lipinski definition) is 1. The third kappa shape index (κ3) is 2.30. The van der Waals surface area contributed by atoms with Crippen LogP contribution in [0.2, 0.25) is 0 Å². The van der Waals surface area contributed by atoms with Crippen molar-refractivity contribution in [2.75, 3.05) is 5.32 Å². The molecule has 1 aromatic carbocycles. The summed E-state index contributed by atoms with van der Waals surface area (Å²) in [7, 11) is 0. The number of rotatable bonds is 3. The third-order valence-electron chi connectivity index (χ3n) is 3.03. The highest BCUT2D eigenvalue weighted by Crippen LogP contribution is 2.38. The van der Waals surface area contributed by atoms with Crippen LogP contribution in [0, 0.1) is 24.4 Å². The van der Waals surface area contributed by atoms with Gasteiger partial charge in [0.15, 0.2) is 11.6 Å². The van der Waals surface area contributed by atoms with E-state index in [2.05, 4.69) is 10.3 Å². The number of hydrogen-bond acceptors (Lipinski definition) is 2. The molecule has 0 radical (unpaired) electrons. The highest BCUT2D eigenvalue weighted by Gasteiger charge is 2.26. The van der Waals surface area contributed by atoms with Crippen molar-refractivity contribution < 1.29 is 13.2 Å². The summed E-state index contributed by atoms with van der Waals surface area (Å²) in [5.74, 6) is -2.75. The fourth-order valence-corrected chi connectivity index (χ4v) is 2.01. The summed E-state index contributed by atoms with van der Waals surface area (Å²) in [4.78, 5) is 4.21. The van der Waals surface area contributed by atoms with E-state index in [-0.39, 0.29) is 5.69 Å². The van der Waals surface area contributed by atoms with Crippen LogP contribution >= 0.6 is 0 Å². The average molecular weight is 267 g/mol. The number of aryl methyl sites for hydroxylation is 1. The van der Waals surface area contributed by atoms with E-state index in [4.69, 9.17) is 0 Å². The van der Waals surface area contributed by atoms with E-state index in [0.717, 1.165) is 24.6 Å². The lowest BCUT2D eigenvalue weighted by Crippen LogP contribution is -2.04. The zero-order valence-electron chi connectivity index (χ0n) is 10.3. The largest absolute Gasteiger partial charge is 0.323 e. The molecule has 1 fully saturated rings. The standard InChI is InChI=1S/C13H12F3N3/c1-7-6-19(9-2-3-9)13(17-7)18-11-5-8(14)4-10(15)12(11)16/h4-6,9H,2-3H2,1H3,(H,17,18). The zero-order valence-corrected chi connectivity index (χ0v) is 10.3. The minimum absolute atomic E-state index is 0.245. The second-order valence-electron chi connectivity index (χ2n) is 4.72. The van der Waals surface area contributed by atoms with Crippen molar-refractivity contribution in [1.29, 1.82) is 0 Å². The predicted molar refractivity (Wildman–Crippen MR) is 64.8 cm³/mol. The summed E-state index contributed by atoms with van der Waals surface area (Å²) in [6.07, 6.45) is 3.91. The maximum atomic E-state index is 13.6. The Bertz CT molecular complexity index is 632. The molecule has 0 aliphatic heterocycles. The summed E-state index contributed by atoms with van der Waals surface area (Å²) in [5.41, 5.74) is 0.525. The normalized spacial score (nSPS) is 14.7. The van der Waals surface area contributed by atoms with Gasteiger partial charge in [-0.25, -0.2) is 18.2 Å². The first-order valence-corrected chi connectivity index (χ1v) is 6.01. The third-order valence-corrected chi connectivity index (χ3v) is 3.03. The molecule has 2 aromatic rings. The Kier molecular flexibility index (Phi) is 2.73. The molecule has 3 nitrogen and oxygen atoms in total. The van der Waals surface area contributed by atoms with Crippen LogP contribution in [0.3, 0.4) is 0 Å². The fraction of sp³-hybridized carbons (Fsp3) is 0.308. The Labute approximate surface area is 108 Å². The Morgan fingerprint density at radius 1 is 1.26 bits per heavy atom. The first-order valence-electron chi connectivity index (χ1n) is 6.01. The van der Waals surface area contributed by atoms with E-state index in [1.807, 2.05) is 17.7 Å². The molecule has 1 aliphatic carbocycles. The van der Waals surface area contributed by atoms with Crippen LogP contribution in [-0.2, 0) is 0 Å². The van der Waals surface area contributed by atoms with Gasteiger partial charge in [0.1, 0.15) is 5.82 Å². The van der Waals surface area contributed by atoms with Crippen molar-refractivity contribution >= 4 is 11.6 Å². The fourth-order valence-electron chi connectivity index (χ4n) is 2.01. The number of imidazole rings is 1. The van der Waals surface area contributed by atoms with Crippen LogP contribution in [0.1, 0.15) is 24.6 Å². The quantitative estimate of drug-likeness (QED) is 0.859. The van der Waals surface area contributed by atoms with Crippen molar-refractivity contribution in [2.45, 2.75) is 25.8 Å². The molecule has 0 saturated heterocycles. The molecule has 0 spiro atoms. The highest BCUT2D eigenvalue weighted by atomic mass is 19.2. The summed E-state index contributed by atoms with van der Waals surface area (Å²) < 4.78 is 41.7. The van der Waals surface area contributed by atoms with Gasteiger partial charge in [-0.05, 0) is 19.8 Å². The van der Waals surface area contributed by atoms with Crippen LogP contribution in [0.25, 0.3) is 0 Å². The van der Waals surface area contributed by atoms with Crippen LogP contribution in [0.15, 0.2) is 18.3 Å². The van der Waals surface area contributed by atoms with Gasteiger partial charge in [-0.1, -0.05) is 0 Å². The molecule has 100 valence electrons.